The molecule has 0 spiro atoms. The summed E-state index contributed by atoms with van der Waals surface area (Å²) in [7, 11) is 0. The number of fused-ring (bicyclic) bond motifs is 3. The van der Waals surface area contributed by atoms with Gasteiger partial charge < -0.3 is 9.80 Å². The Morgan fingerprint density at radius 1 is 0.556 bits per heavy atom. The predicted octanol–water partition coefficient (Wildman–Crippen LogP) is 12.2. The first-order chi connectivity index (χ1) is 26.1. The number of anilines is 2. The van der Waals surface area contributed by atoms with Gasteiger partial charge >= 0.3 is 0 Å². The quantitative estimate of drug-likeness (QED) is 0.185. The van der Waals surface area contributed by atoms with Crippen LogP contribution in [0.25, 0.3) is 0 Å². The van der Waals surface area contributed by atoms with E-state index in [1.807, 2.05) is 0 Å². The van der Waals surface area contributed by atoms with Crippen LogP contribution in [0.2, 0.25) is 0 Å². The molecule has 0 saturated heterocycles. The standard InChI is InChI=1S/C51H54N3/c1-9-52-45-29-25-35(3)33-43(45)50(5,6)47(52)31-27-41-39-23-17-18-24-40(39)42(49(41)54(37-19-13-11-14-20-37)38-21-15-12-16-22-38)28-32-48-51(7,8)44-34-36(4)26-30-46(44)53(48)10-2/h11-34,39-40H,9-10H2,1-8H3/q+1. The second-order valence-electron chi connectivity index (χ2n) is 16.3. The summed E-state index contributed by atoms with van der Waals surface area (Å²) < 4.78 is 2.50. The van der Waals surface area contributed by atoms with Gasteiger partial charge in [0.05, 0.1) is 0 Å². The van der Waals surface area contributed by atoms with E-state index in [9.17, 15) is 0 Å². The van der Waals surface area contributed by atoms with Crippen molar-refractivity contribution >= 4 is 28.5 Å². The van der Waals surface area contributed by atoms with Crippen LogP contribution in [0.5, 0.6) is 0 Å². The highest BCUT2D eigenvalue weighted by Gasteiger charge is 2.46. The van der Waals surface area contributed by atoms with Crippen molar-refractivity contribution in [2.75, 3.05) is 22.9 Å². The zero-order chi connectivity index (χ0) is 37.8. The molecule has 2 aliphatic carbocycles. The van der Waals surface area contributed by atoms with Crippen LogP contribution < -0.4 is 14.4 Å². The van der Waals surface area contributed by atoms with Gasteiger partial charge in [0.1, 0.15) is 0 Å². The Balaban J connectivity index is 1.40. The molecule has 3 nitrogen and oxygen atoms in total. The first-order valence-electron chi connectivity index (χ1n) is 19.8. The van der Waals surface area contributed by atoms with Gasteiger partial charge in [-0.25, -0.2) is 0 Å². The van der Waals surface area contributed by atoms with Crippen LogP contribution in [0.1, 0.15) is 63.8 Å². The Bertz CT molecular complexity index is 2160. The van der Waals surface area contributed by atoms with E-state index in [4.69, 9.17) is 0 Å². The number of hydrogen-bond acceptors (Lipinski definition) is 2. The molecule has 54 heavy (non-hydrogen) atoms. The molecule has 2 atom stereocenters. The zero-order valence-electron chi connectivity index (χ0n) is 33.3. The Labute approximate surface area is 323 Å². The lowest BCUT2D eigenvalue weighted by atomic mass is 9.82. The van der Waals surface area contributed by atoms with Crippen LogP contribution in [0.3, 0.4) is 0 Å². The van der Waals surface area contributed by atoms with Crippen LogP contribution in [0, 0.1) is 25.7 Å². The highest BCUT2D eigenvalue weighted by molar-refractivity contribution is 6.19. The molecule has 4 aromatic rings. The largest absolute Gasteiger partial charge is 0.344 e. The van der Waals surface area contributed by atoms with Crippen LogP contribution >= 0.6 is 0 Å². The molecule has 1 fully saturated rings. The van der Waals surface area contributed by atoms with E-state index >= 15 is 0 Å². The van der Waals surface area contributed by atoms with Gasteiger partial charge in [-0.2, -0.15) is 4.58 Å². The van der Waals surface area contributed by atoms with E-state index in [0.717, 1.165) is 24.5 Å². The predicted molar refractivity (Wildman–Crippen MR) is 231 cm³/mol. The monoisotopic (exact) mass is 708 g/mol. The molecular formula is C51H54N3+. The molecular weight excluding hydrogens is 655 g/mol. The fourth-order valence-corrected chi connectivity index (χ4v) is 9.48. The third kappa shape index (κ3) is 5.77. The molecule has 0 aromatic heterocycles. The lowest BCUT2D eigenvalue weighted by molar-refractivity contribution is 0.632. The average molecular weight is 709 g/mol. The molecule has 8 rings (SSSR count). The fourth-order valence-electron chi connectivity index (χ4n) is 9.48. The Hall–Kier alpha value is -5.41. The summed E-state index contributed by atoms with van der Waals surface area (Å²) in [5.41, 5.74) is 16.7. The number of nitrogens with zero attached hydrogens (tertiary/aromatic N) is 3. The molecule has 3 heteroatoms. The summed E-state index contributed by atoms with van der Waals surface area (Å²) in [6.45, 7) is 20.3. The highest BCUT2D eigenvalue weighted by Crippen LogP contribution is 2.51. The number of likely N-dealkylation sites (N-methyl/N-ethyl adjacent to an activating group) is 2. The topological polar surface area (TPSA) is 9.49 Å². The van der Waals surface area contributed by atoms with Crippen molar-refractivity contribution in [3.8, 4) is 0 Å². The van der Waals surface area contributed by atoms with Crippen LogP contribution in [0.4, 0.5) is 22.7 Å². The highest BCUT2D eigenvalue weighted by atomic mass is 15.2. The molecule has 2 aliphatic heterocycles. The normalized spacial score (nSPS) is 23.5. The van der Waals surface area contributed by atoms with E-state index < -0.39 is 0 Å². The van der Waals surface area contributed by atoms with E-state index in [-0.39, 0.29) is 22.7 Å². The first-order valence-corrected chi connectivity index (χ1v) is 19.8. The second kappa shape index (κ2) is 13.8. The third-order valence-corrected chi connectivity index (χ3v) is 12.2. The van der Waals surface area contributed by atoms with Crippen molar-refractivity contribution in [2.24, 2.45) is 11.8 Å². The Kier molecular flexibility index (Phi) is 9.09. The summed E-state index contributed by atoms with van der Waals surface area (Å²) in [6.07, 6.45) is 19.1. The van der Waals surface area contributed by atoms with Crippen molar-refractivity contribution in [1.82, 2.24) is 4.58 Å². The maximum absolute atomic E-state index is 2.52. The number of aryl methyl sites for hydroxylation is 2. The van der Waals surface area contributed by atoms with Gasteiger partial charge in [0, 0.05) is 93.9 Å². The van der Waals surface area contributed by atoms with Gasteiger partial charge in [-0.05, 0) is 75.3 Å². The van der Waals surface area contributed by atoms with Crippen LogP contribution in [-0.2, 0) is 10.8 Å². The van der Waals surface area contributed by atoms with Crippen LogP contribution in [0.15, 0.2) is 168 Å². The lowest BCUT2D eigenvalue weighted by Crippen LogP contribution is -2.26. The lowest BCUT2D eigenvalue weighted by Gasteiger charge is -2.26. The minimum Gasteiger partial charge on any atom is -0.344 e. The SMILES string of the molecule is CCN1C(=CC=C2C(=[N+](c3ccccc3)c3ccccc3)C(=CC=C3N(CC)c4ccc(C)cc4C3(C)C)C3C=CC=CC23)C(C)(C)c2cc(C)ccc21. The molecule has 4 aromatic carbocycles. The van der Waals surface area contributed by atoms with Gasteiger partial charge in [-0.15, -0.1) is 0 Å². The van der Waals surface area contributed by atoms with Crippen molar-refractivity contribution in [3.05, 3.63) is 190 Å². The number of allylic oxidation sites excluding steroid dienone is 12. The Morgan fingerprint density at radius 3 is 1.35 bits per heavy atom. The number of para-hydroxylation sites is 2. The van der Waals surface area contributed by atoms with Gasteiger partial charge in [-0.1, -0.05) is 124 Å². The second-order valence-corrected chi connectivity index (χ2v) is 16.3. The number of rotatable bonds is 6. The minimum atomic E-state index is -0.123. The van der Waals surface area contributed by atoms with Crippen molar-refractivity contribution in [2.45, 2.75) is 66.2 Å². The summed E-state index contributed by atoms with van der Waals surface area (Å²) in [5, 5.41) is 0. The molecule has 2 unspecified atom stereocenters. The summed E-state index contributed by atoms with van der Waals surface area (Å²) in [6, 6.07) is 35.7. The van der Waals surface area contributed by atoms with Gasteiger partial charge in [0.25, 0.3) is 0 Å². The molecule has 0 radical (unpaired) electrons. The Morgan fingerprint density at radius 2 is 0.963 bits per heavy atom. The number of hydrogen-bond donors (Lipinski definition) is 0. The van der Waals surface area contributed by atoms with E-state index in [0.29, 0.717) is 0 Å². The van der Waals surface area contributed by atoms with Gasteiger partial charge in [-0.3, -0.25) is 0 Å². The molecule has 0 bridgehead atoms. The van der Waals surface area contributed by atoms with Crippen molar-refractivity contribution < 1.29 is 0 Å². The van der Waals surface area contributed by atoms with E-state index in [1.54, 1.807) is 0 Å². The number of benzene rings is 4. The molecule has 0 amide bonds. The van der Waals surface area contributed by atoms with E-state index in [2.05, 4.69) is 215 Å². The average Bonchev–Trinajstić information content (AvgIpc) is 3.68. The molecule has 0 N–H and O–H groups in total. The summed E-state index contributed by atoms with van der Waals surface area (Å²) >= 11 is 0. The fraction of sp³-hybridized carbons (Fsp3) is 0.275. The zero-order valence-corrected chi connectivity index (χ0v) is 33.3. The smallest absolute Gasteiger partial charge is 0.219 e. The third-order valence-electron chi connectivity index (χ3n) is 12.2. The van der Waals surface area contributed by atoms with Crippen molar-refractivity contribution in [3.63, 3.8) is 0 Å². The van der Waals surface area contributed by atoms with Gasteiger partial charge in [0.15, 0.2) is 0 Å². The maximum atomic E-state index is 2.52. The molecule has 2 heterocycles. The summed E-state index contributed by atoms with van der Waals surface area (Å²) in [4.78, 5) is 5.03. The van der Waals surface area contributed by atoms with Crippen molar-refractivity contribution in [1.29, 1.82) is 0 Å². The maximum Gasteiger partial charge on any atom is 0.219 e. The van der Waals surface area contributed by atoms with E-state index in [1.165, 1.54) is 61.9 Å². The van der Waals surface area contributed by atoms with Gasteiger partial charge in [0.2, 0.25) is 17.1 Å². The molecule has 272 valence electrons. The molecule has 1 saturated carbocycles. The first kappa shape index (κ1) is 35.6. The van der Waals surface area contributed by atoms with Crippen LogP contribution in [-0.4, -0.2) is 18.8 Å². The molecule has 4 aliphatic rings. The minimum absolute atomic E-state index is 0.123. The summed E-state index contributed by atoms with van der Waals surface area (Å²) in [5.74, 6) is 0.397.